The molecule has 2 aromatic rings. The van der Waals surface area contributed by atoms with Crippen molar-refractivity contribution < 1.29 is 9.90 Å². The van der Waals surface area contributed by atoms with Gasteiger partial charge in [-0.1, -0.05) is 29.8 Å². The Kier molecular flexibility index (Phi) is 4.53. The lowest BCUT2D eigenvalue weighted by Crippen LogP contribution is -2.35. The maximum Gasteiger partial charge on any atom is 0.335 e. The van der Waals surface area contributed by atoms with Crippen LogP contribution in [0, 0.1) is 0 Å². The van der Waals surface area contributed by atoms with E-state index in [1.807, 2.05) is 42.5 Å². The van der Waals surface area contributed by atoms with E-state index in [2.05, 4.69) is 10.2 Å². The van der Waals surface area contributed by atoms with Gasteiger partial charge in [0.25, 0.3) is 0 Å². The number of rotatable bonds is 4. The smallest absolute Gasteiger partial charge is 0.335 e. The van der Waals surface area contributed by atoms with Crippen LogP contribution < -0.4 is 10.2 Å². The van der Waals surface area contributed by atoms with Crippen molar-refractivity contribution in [3.05, 3.63) is 70.9 Å². The molecule has 0 fully saturated rings. The summed E-state index contributed by atoms with van der Waals surface area (Å²) >= 11 is 5.88. The van der Waals surface area contributed by atoms with Crippen molar-refractivity contribution in [2.24, 2.45) is 0 Å². The number of nitrogens with one attached hydrogen (secondary N) is 1. The average Bonchev–Trinajstić information content (AvgIpc) is 2.58. The quantitative estimate of drug-likeness (QED) is 0.890. The van der Waals surface area contributed by atoms with Crippen LogP contribution in [0.15, 0.2) is 65.9 Å². The second kappa shape index (κ2) is 6.75. The molecule has 2 N–H and O–H groups in total. The van der Waals surface area contributed by atoms with E-state index in [4.69, 9.17) is 11.6 Å². The minimum atomic E-state index is -0.887. The number of carboxylic acid groups (broad SMARTS) is 1. The molecule has 1 aliphatic heterocycles. The number of anilines is 2. The molecule has 0 saturated heterocycles. The highest BCUT2D eigenvalue weighted by atomic mass is 35.5. The summed E-state index contributed by atoms with van der Waals surface area (Å²) in [4.78, 5) is 13.7. The molecule has 0 atom stereocenters. The van der Waals surface area contributed by atoms with Gasteiger partial charge in [0.1, 0.15) is 0 Å². The highest BCUT2D eigenvalue weighted by molar-refractivity contribution is 6.30. The molecule has 4 nitrogen and oxygen atoms in total. The zero-order valence-electron chi connectivity index (χ0n) is 12.5. The van der Waals surface area contributed by atoms with Crippen LogP contribution in [0.2, 0.25) is 5.02 Å². The topological polar surface area (TPSA) is 52.6 Å². The molecule has 2 aromatic carbocycles. The molecule has 23 heavy (non-hydrogen) atoms. The van der Waals surface area contributed by atoms with Crippen molar-refractivity contribution in [1.82, 2.24) is 0 Å². The van der Waals surface area contributed by atoms with Crippen LogP contribution in [0.5, 0.6) is 0 Å². The first-order valence-corrected chi connectivity index (χ1v) is 7.79. The molecule has 0 bridgehead atoms. The predicted octanol–water partition coefficient (Wildman–Crippen LogP) is 4.00. The Labute approximate surface area is 140 Å². The Morgan fingerprint density at radius 2 is 1.78 bits per heavy atom. The van der Waals surface area contributed by atoms with E-state index in [0.29, 0.717) is 23.6 Å². The Bertz CT molecular complexity index is 726. The van der Waals surface area contributed by atoms with Crippen molar-refractivity contribution in [2.75, 3.05) is 23.3 Å². The third kappa shape index (κ3) is 3.66. The van der Waals surface area contributed by atoms with E-state index >= 15 is 0 Å². The molecule has 0 spiro atoms. The lowest BCUT2D eigenvalue weighted by molar-refractivity contribution is -0.132. The van der Waals surface area contributed by atoms with E-state index in [0.717, 1.165) is 23.6 Å². The van der Waals surface area contributed by atoms with E-state index in [9.17, 15) is 9.90 Å². The van der Waals surface area contributed by atoms with Crippen LogP contribution in [-0.2, 0) is 4.79 Å². The van der Waals surface area contributed by atoms with Gasteiger partial charge in [0.2, 0.25) is 0 Å². The highest BCUT2D eigenvalue weighted by Gasteiger charge is 2.24. The first kappa shape index (κ1) is 15.4. The number of para-hydroxylation sites is 1. The molecular weight excluding hydrogens is 312 g/mol. The van der Waals surface area contributed by atoms with Crippen LogP contribution in [-0.4, -0.2) is 24.2 Å². The summed E-state index contributed by atoms with van der Waals surface area (Å²) in [5.41, 5.74) is 3.04. The van der Waals surface area contributed by atoms with Crippen molar-refractivity contribution in [1.29, 1.82) is 0 Å². The minimum absolute atomic E-state index is 0.384. The Balaban J connectivity index is 1.83. The molecule has 0 unspecified atom stereocenters. The molecule has 118 valence electrons. The van der Waals surface area contributed by atoms with Gasteiger partial charge < -0.3 is 15.3 Å². The van der Waals surface area contributed by atoms with E-state index in [1.165, 1.54) is 0 Å². The van der Waals surface area contributed by atoms with Gasteiger partial charge in [0, 0.05) is 35.1 Å². The average molecular weight is 329 g/mol. The number of carbonyl (C=O) groups is 1. The molecule has 0 aliphatic carbocycles. The maximum absolute atomic E-state index is 11.6. The molecule has 0 amide bonds. The van der Waals surface area contributed by atoms with Crippen LogP contribution >= 0.6 is 11.6 Å². The molecule has 1 aliphatic rings. The first-order valence-electron chi connectivity index (χ1n) is 7.41. The number of carboxylic acids is 1. The minimum Gasteiger partial charge on any atom is -0.478 e. The van der Waals surface area contributed by atoms with Gasteiger partial charge in [-0.05, 0) is 36.4 Å². The van der Waals surface area contributed by atoms with Gasteiger partial charge >= 0.3 is 5.97 Å². The summed E-state index contributed by atoms with van der Waals surface area (Å²) in [5, 5.41) is 13.4. The molecule has 3 rings (SSSR count). The van der Waals surface area contributed by atoms with Gasteiger partial charge in [0.15, 0.2) is 0 Å². The number of hydrogen-bond acceptors (Lipinski definition) is 3. The Morgan fingerprint density at radius 3 is 2.43 bits per heavy atom. The van der Waals surface area contributed by atoms with Gasteiger partial charge in [-0.3, -0.25) is 0 Å². The maximum atomic E-state index is 11.6. The number of hydrogen-bond donors (Lipinski definition) is 2. The molecule has 0 saturated carbocycles. The number of benzene rings is 2. The van der Waals surface area contributed by atoms with Crippen LogP contribution in [0.25, 0.3) is 0 Å². The summed E-state index contributed by atoms with van der Waals surface area (Å²) in [5.74, 6) is -0.887. The zero-order chi connectivity index (χ0) is 16.2. The summed E-state index contributed by atoms with van der Waals surface area (Å²) in [6.07, 6.45) is 0.652. The Hall–Kier alpha value is -2.46. The van der Waals surface area contributed by atoms with Gasteiger partial charge in [-0.25, -0.2) is 4.79 Å². The zero-order valence-corrected chi connectivity index (χ0v) is 13.3. The van der Waals surface area contributed by atoms with Crippen LogP contribution in [0.1, 0.15) is 6.42 Å². The first-order chi connectivity index (χ1) is 11.1. The SMILES string of the molecule is O=C(O)C1=C(Nc2ccc(Cl)cc2)CCN(c2ccccc2)C1. The van der Waals surface area contributed by atoms with Crippen LogP contribution in [0.4, 0.5) is 11.4 Å². The van der Waals surface area contributed by atoms with Crippen molar-refractivity contribution >= 4 is 28.9 Å². The molecule has 5 heteroatoms. The molecular formula is C18H17ClN2O2. The monoisotopic (exact) mass is 328 g/mol. The van der Waals surface area contributed by atoms with Crippen molar-refractivity contribution in [3.8, 4) is 0 Å². The fourth-order valence-corrected chi connectivity index (χ4v) is 2.79. The van der Waals surface area contributed by atoms with E-state index < -0.39 is 5.97 Å². The summed E-state index contributed by atoms with van der Waals surface area (Å²) < 4.78 is 0. The number of nitrogens with zero attached hydrogens (tertiary/aromatic N) is 1. The fourth-order valence-electron chi connectivity index (χ4n) is 2.66. The normalized spacial score (nSPS) is 14.7. The molecule has 0 radical (unpaired) electrons. The summed E-state index contributed by atoms with van der Waals surface area (Å²) in [6, 6.07) is 17.1. The second-order valence-electron chi connectivity index (χ2n) is 5.40. The van der Waals surface area contributed by atoms with E-state index in [1.54, 1.807) is 12.1 Å². The number of halogens is 1. The number of aliphatic carboxylic acids is 1. The molecule has 0 aromatic heterocycles. The predicted molar refractivity (Wildman–Crippen MR) is 93.0 cm³/mol. The van der Waals surface area contributed by atoms with Gasteiger partial charge in [0.05, 0.1) is 12.1 Å². The Morgan fingerprint density at radius 1 is 1.09 bits per heavy atom. The highest BCUT2D eigenvalue weighted by Crippen LogP contribution is 2.25. The summed E-state index contributed by atoms with van der Waals surface area (Å²) in [7, 11) is 0. The lowest BCUT2D eigenvalue weighted by Gasteiger charge is -2.31. The van der Waals surface area contributed by atoms with E-state index in [-0.39, 0.29) is 0 Å². The largest absolute Gasteiger partial charge is 0.478 e. The van der Waals surface area contributed by atoms with Gasteiger partial charge in [-0.2, -0.15) is 0 Å². The lowest BCUT2D eigenvalue weighted by atomic mass is 10.0. The van der Waals surface area contributed by atoms with Crippen molar-refractivity contribution in [3.63, 3.8) is 0 Å². The third-order valence-electron chi connectivity index (χ3n) is 3.86. The standard InChI is InChI=1S/C18H17ClN2O2/c19-13-6-8-14(9-7-13)20-17-10-11-21(12-16(17)18(22)23)15-4-2-1-3-5-15/h1-9,20H,10-12H2,(H,22,23). The fraction of sp³-hybridized carbons (Fsp3) is 0.167. The molecule has 1 heterocycles. The third-order valence-corrected chi connectivity index (χ3v) is 4.12. The van der Waals surface area contributed by atoms with Gasteiger partial charge in [-0.15, -0.1) is 0 Å². The van der Waals surface area contributed by atoms with Crippen molar-refractivity contribution in [2.45, 2.75) is 6.42 Å². The van der Waals surface area contributed by atoms with Crippen LogP contribution in [0.3, 0.4) is 0 Å². The summed E-state index contributed by atoms with van der Waals surface area (Å²) in [6.45, 7) is 1.16. The second-order valence-corrected chi connectivity index (χ2v) is 5.84.